The standard InChI is InChI=1S/C28H25NO2S2/c1-14-8-10-17(11-9-14)29-27(30)23-18-13-19(24(23)28(29)31)25-22(18)21(16-6-4-3-5-7-16)26-20(33-25)12-15(2)32-26/h3-11,18-19,21-25H,2,12-13H2,1H3/t18-,19-,21-,22-,23+,24-,25-/m1/s1. The van der Waals surface area contributed by atoms with E-state index in [4.69, 9.17) is 0 Å². The minimum absolute atomic E-state index is 0.0277. The zero-order valence-electron chi connectivity index (χ0n) is 18.4. The lowest BCUT2D eigenvalue weighted by Gasteiger charge is -2.44. The fourth-order valence-electron chi connectivity index (χ4n) is 7.26. The lowest BCUT2D eigenvalue weighted by atomic mass is 9.68. The highest BCUT2D eigenvalue weighted by molar-refractivity contribution is 8.10. The molecule has 7 atom stereocenters. The molecule has 3 nitrogen and oxygen atoms in total. The number of benzene rings is 2. The molecular weight excluding hydrogens is 446 g/mol. The Morgan fingerprint density at radius 2 is 1.64 bits per heavy atom. The number of hydrogen-bond acceptors (Lipinski definition) is 4. The van der Waals surface area contributed by atoms with Crippen LogP contribution in [0.2, 0.25) is 0 Å². The molecule has 166 valence electrons. The smallest absolute Gasteiger partial charge is 0.238 e. The molecule has 2 aliphatic carbocycles. The predicted molar refractivity (Wildman–Crippen MR) is 135 cm³/mol. The van der Waals surface area contributed by atoms with E-state index in [0.717, 1.165) is 24.1 Å². The Labute approximate surface area is 202 Å². The van der Waals surface area contributed by atoms with Crippen molar-refractivity contribution >= 4 is 41.0 Å². The second-order valence-corrected chi connectivity index (χ2v) is 12.6. The van der Waals surface area contributed by atoms with Crippen molar-refractivity contribution < 1.29 is 9.59 Å². The number of fused-ring (bicyclic) bond motifs is 8. The number of imide groups is 1. The van der Waals surface area contributed by atoms with Crippen LogP contribution < -0.4 is 4.90 Å². The summed E-state index contributed by atoms with van der Waals surface area (Å²) in [4.78, 5) is 33.0. The minimum atomic E-state index is -0.173. The molecule has 1 saturated heterocycles. The fourth-order valence-corrected chi connectivity index (χ4v) is 10.6. The number of carbonyl (C=O) groups is 2. The predicted octanol–water partition coefficient (Wildman–Crippen LogP) is 6.13. The van der Waals surface area contributed by atoms with E-state index in [1.165, 1.54) is 25.2 Å². The van der Waals surface area contributed by atoms with Gasteiger partial charge in [-0.05, 0) is 53.7 Å². The van der Waals surface area contributed by atoms with Gasteiger partial charge in [0.15, 0.2) is 0 Å². The van der Waals surface area contributed by atoms with Gasteiger partial charge >= 0.3 is 0 Å². The highest BCUT2D eigenvalue weighted by atomic mass is 32.2. The van der Waals surface area contributed by atoms with Crippen LogP contribution in [-0.4, -0.2) is 17.1 Å². The monoisotopic (exact) mass is 471 g/mol. The minimum Gasteiger partial charge on any atom is -0.274 e. The van der Waals surface area contributed by atoms with Gasteiger partial charge < -0.3 is 0 Å². The van der Waals surface area contributed by atoms with Crippen molar-refractivity contribution in [2.45, 2.75) is 30.9 Å². The van der Waals surface area contributed by atoms with Gasteiger partial charge in [-0.1, -0.05) is 66.4 Å². The summed E-state index contributed by atoms with van der Waals surface area (Å²) in [6, 6.07) is 18.6. The van der Waals surface area contributed by atoms with Crippen molar-refractivity contribution in [1.82, 2.24) is 0 Å². The molecule has 2 aromatic rings. The number of aryl methyl sites for hydroxylation is 1. The molecule has 0 spiro atoms. The fraction of sp³-hybridized carbons (Fsp3) is 0.357. The molecule has 0 aromatic heterocycles. The van der Waals surface area contributed by atoms with Crippen molar-refractivity contribution in [2.24, 2.45) is 29.6 Å². The van der Waals surface area contributed by atoms with Gasteiger partial charge in [0.25, 0.3) is 0 Å². The van der Waals surface area contributed by atoms with E-state index in [1.807, 2.05) is 54.7 Å². The van der Waals surface area contributed by atoms with Crippen LogP contribution >= 0.6 is 23.5 Å². The average Bonchev–Trinajstić information content (AvgIpc) is 3.54. The number of allylic oxidation sites excluding steroid dienone is 3. The third-order valence-electron chi connectivity index (χ3n) is 8.44. The molecule has 0 radical (unpaired) electrons. The number of amides is 2. The molecule has 2 saturated carbocycles. The molecule has 2 bridgehead atoms. The zero-order chi connectivity index (χ0) is 22.4. The third kappa shape index (κ3) is 2.72. The van der Waals surface area contributed by atoms with Gasteiger partial charge in [-0.3, -0.25) is 14.5 Å². The maximum Gasteiger partial charge on any atom is 0.238 e. The first kappa shape index (κ1) is 20.2. The van der Waals surface area contributed by atoms with Gasteiger partial charge in [0.1, 0.15) is 0 Å². The lowest BCUT2D eigenvalue weighted by Crippen LogP contribution is -2.42. The topological polar surface area (TPSA) is 37.4 Å². The molecule has 3 heterocycles. The van der Waals surface area contributed by atoms with E-state index in [0.29, 0.717) is 17.1 Å². The van der Waals surface area contributed by atoms with Gasteiger partial charge in [-0.15, -0.1) is 11.8 Å². The first-order chi connectivity index (χ1) is 16.0. The van der Waals surface area contributed by atoms with Crippen molar-refractivity contribution in [1.29, 1.82) is 0 Å². The van der Waals surface area contributed by atoms with E-state index in [2.05, 4.69) is 36.9 Å². The maximum absolute atomic E-state index is 13.7. The number of rotatable bonds is 2. The van der Waals surface area contributed by atoms with Crippen molar-refractivity contribution in [2.75, 3.05) is 4.90 Å². The van der Waals surface area contributed by atoms with Crippen LogP contribution in [0.3, 0.4) is 0 Å². The molecule has 0 unspecified atom stereocenters. The van der Waals surface area contributed by atoms with Crippen molar-refractivity contribution in [3.63, 3.8) is 0 Å². The van der Waals surface area contributed by atoms with E-state index in [-0.39, 0.29) is 35.5 Å². The van der Waals surface area contributed by atoms with Gasteiger partial charge in [-0.2, -0.15) is 0 Å². The first-order valence-electron chi connectivity index (χ1n) is 11.8. The average molecular weight is 472 g/mol. The van der Waals surface area contributed by atoms with Crippen LogP contribution in [0.5, 0.6) is 0 Å². The second kappa shape index (κ2) is 7.13. The molecule has 5 heteroatoms. The van der Waals surface area contributed by atoms with E-state index >= 15 is 0 Å². The van der Waals surface area contributed by atoms with Gasteiger partial charge in [0.05, 0.1) is 17.5 Å². The largest absolute Gasteiger partial charge is 0.274 e. The van der Waals surface area contributed by atoms with Gasteiger partial charge in [0.2, 0.25) is 11.8 Å². The molecule has 2 aromatic carbocycles. The highest BCUT2D eigenvalue weighted by Gasteiger charge is 2.69. The zero-order valence-corrected chi connectivity index (χ0v) is 20.1. The molecule has 2 amide bonds. The summed E-state index contributed by atoms with van der Waals surface area (Å²) in [5.41, 5.74) is 3.21. The van der Waals surface area contributed by atoms with Crippen LogP contribution in [-0.2, 0) is 9.59 Å². The van der Waals surface area contributed by atoms with Gasteiger partial charge in [0, 0.05) is 27.4 Å². The molecular formula is C28H25NO2S2. The lowest BCUT2D eigenvalue weighted by molar-refractivity contribution is -0.123. The summed E-state index contributed by atoms with van der Waals surface area (Å²) < 4.78 is 0. The van der Waals surface area contributed by atoms with E-state index in [9.17, 15) is 9.59 Å². The molecule has 5 aliphatic rings. The maximum atomic E-state index is 13.7. The number of hydrogen-bond donors (Lipinski definition) is 0. The van der Waals surface area contributed by atoms with Crippen LogP contribution in [0, 0.1) is 36.5 Å². The Kier molecular flexibility index (Phi) is 4.36. The highest BCUT2D eigenvalue weighted by Crippen LogP contribution is 2.71. The summed E-state index contributed by atoms with van der Waals surface area (Å²) >= 11 is 3.86. The number of thioether (sulfide) groups is 2. The summed E-state index contributed by atoms with van der Waals surface area (Å²) in [6.45, 7) is 6.30. The Bertz CT molecular complexity index is 1230. The molecule has 3 aliphatic heterocycles. The van der Waals surface area contributed by atoms with Crippen molar-refractivity contribution in [3.05, 3.63) is 87.0 Å². The second-order valence-electron chi connectivity index (χ2n) is 10.1. The Balaban J connectivity index is 1.30. The van der Waals surface area contributed by atoms with Gasteiger partial charge in [-0.25, -0.2) is 0 Å². The Morgan fingerprint density at radius 1 is 0.939 bits per heavy atom. The van der Waals surface area contributed by atoms with Crippen LogP contribution in [0.4, 0.5) is 5.69 Å². The number of anilines is 1. The Morgan fingerprint density at radius 3 is 2.36 bits per heavy atom. The SMILES string of the molecule is C=C1CC2=C(S1)[C@H](c1ccccc1)[C@H]1[C@H]3C[C@@H]([C@H]1S2)[C@H]1C(=O)N(c2ccc(C)cc2)C(=O)[C@@H]31. The summed E-state index contributed by atoms with van der Waals surface area (Å²) in [5, 5.41) is 0.404. The molecule has 3 fully saturated rings. The summed E-state index contributed by atoms with van der Waals surface area (Å²) in [5.74, 6) is 0.974. The molecule has 0 N–H and O–H groups in total. The van der Waals surface area contributed by atoms with Crippen molar-refractivity contribution in [3.8, 4) is 0 Å². The quantitative estimate of drug-likeness (QED) is 0.494. The summed E-state index contributed by atoms with van der Waals surface area (Å²) in [6.07, 6.45) is 1.96. The molecule has 7 rings (SSSR count). The molecule has 33 heavy (non-hydrogen) atoms. The number of carbonyl (C=O) groups excluding carboxylic acids is 2. The normalized spacial score (nSPS) is 36.5. The Hall–Kier alpha value is -2.24. The van der Waals surface area contributed by atoms with Crippen LogP contribution in [0.25, 0.3) is 0 Å². The third-order valence-corrected chi connectivity index (χ3v) is 11.3. The first-order valence-corrected chi connectivity index (χ1v) is 13.5. The van der Waals surface area contributed by atoms with Crippen LogP contribution in [0.15, 0.2) is 75.9 Å². The van der Waals surface area contributed by atoms with E-state index in [1.54, 1.807) is 0 Å². The van der Waals surface area contributed by atoms with Crippen LogP contribution in [0.1, 0.15) is 29.9 Å². The number of nitrogens with zero attached hydrogens (tertiary/aromatic N) is 1. The van der Waals surface area contributed by atoms with E-state index < -0.39 is 0 Å². The summed E-state index contributed by atoms with van der Waals surface area (Å²) in [7, 11) is 0.